The van der Waals surface area contributed by atoms with Crippen LogP contribution in [0, 0.1) is 0 Å². The Labute approximate surface area is 176 Å². The van der Waals surface area contributed by atoms with Crippen molar-refractivity contribution in [3.05, 3.63) is 65.2 Å². The molecule has 3 unspecified atom stereocenters. The van der Waals surface area contributed by atoms with Crippen molar-refractivity contribution in [2.24, 2.45) is 5.73 Å². The number of nitrogens with two attached hydrogens (primary N) is 1. The van der Waals surface area contributed by atoms with E-state index in [0.717, 1.165) is 5.56 Å². The fourth-order valence-electron chi connectivity index (χ4n) is 3.70. The van der Waals surface area contributed by atoms with E-state index in [-0.39, 0.29) is 11.4 Å². The molecule has 29 heavy (non-hydrogen) atoms. The van der Waals surface area contributed by atoms with Crippen molar-refractivity contribution in [3.8, 4) is 0 Å². The summed E-state index contributed by atoms with van der Waals surface area (Å²) < 4.78 is 32.2. The minimum atomic E-state index is -3.77. The van der Waals surface area contributed by atoms with Crippen molar-refractivity contribution in [1.29, 1.82) is 0 Å². The Kier molecular flexibility index (Phi) is 5.69. The molecule has 3 N–H and O–H groups in total. The van der Waals surface area contributed by atoms with E-state index in [0.29, 0.717) is 5.02 Å². The molecule has 1 saturated carbocycles. The van der Waals surface area contributed by atoms with Crippen LogP contribution in [0.4, 0.5) is 4.79 Å². The van der Waals surface area contributed by atoms with Crippen molar-refractivity contribution in [1.82, 2.24) is 5.32 Å². The Morgan fingerprint density at radius 1 is 1.14 bits per heavy atom. The van der Waals surface area contributed by atoms with E-state index in [9.17, 15) is 13.2 Å². The fourth-order valence-corrected chi connectivity index (χ4v) is 6.19. The maximum absolute atomic E-state index is 13.4. The molecule has 2 aromatic carbocycles. The molecule has 0 saturated heterocycles. The lowest BCUT2D eigenvalue weighted by Gasteiger charge is -2.24. The van der Waals surface area contributed by atoms with Crippen LogP contribution in [0.2, 0.25) is 5.02 Å². The minimum Gasteiger partial charge on any atom is -0.444 e. The molecule has 1 aliphatic rings. The van der Waals surface area contributed by atoms with Gasteiger partial charge in [0.15, 0.2) is 9.84 Å². The van der Waals surface area contributed by atoms with Gasteiger partial charge in [-0.1, -0.05) is 41.9 Å². The van der Waals surface area contributed by atoms with Crippen molar-refractivity contribution in [3.63, 3.8) is 0 Å². The maximum atomic E-state index is 13.4. The molecule has 0 spiro atoms. The number of alkyl carbamates (subject to hydrolysis) is 1. The molecule has 0 aromatic heterocycles. The zero-order valence-corrected chi connectivity index (χ0v) is 18.1. The van der Waals surface area contributed by atoms with Gasteiger partial charge in [-0.25, -0.2) is 13.2 Å². The second-order valence-electron chi connectivity index (χ2n) is 8.18. The van der Waals surface area contributed by atoms with Crippen molar-refractivity contribution < 1.29 is 17.9 Å². The Balaban J connectivity index is 2.03. The lowest BCUT2D eigenvalue weighted by molar-refractivity contribution is 0.0497. The second kappa shape index (κ2) is 7.63. The van der Waals surface area contributed by atoms with Crippen LogP contribution in [-0.2, 0) is 14.6 Å². The monoisotopic (exact) mass is 436 g/mol. The van der Waals surface area contributed by atoms with Crippen LogP contribution in [0.25, 0.3) is 0 Å². The average Bonchev–Trinajstić information content (AvgIpc) is 3.31. The van der Waals surface area contributed by atoms with Crippen molar-refractivity contribution >= 4 is 27.5 Å². The number of sulfone groups is 1. The zero-order chi connectivity index (χ0) is 21.4. The summed E-state index contributed by atoms with van der Waals surface area (Å²) in [5, 5.41) is 2.38. The standard InChI is InChI=1S/C21H25ClN2O4S/c1-20(2,3)28-19(25)24-21(13-23)17(14-9-11-15(22)12-10-14)18(21)29(26,27)16-7-5-4-6-8-16/h4-12,17-18H,13,23H2,1-3H3,(H,24,25). The topological polar surface area (TPSA) is 98.5 Å². The van der Waals surface area contributed by atoms with Crippen LogP contribution >= 0.6 is 11.6 Å². The number of carbonyl (C=O) groups is 1. The average molecular weight is 437 g/mol. The molecule has 0 aliphatic heterocycles. The molecule has 1 amide bonds. The van der Waals surface area contributed by atoms with Gasteiger partial charge in [-0.3, -0.25) is 0 Å². The van der Waals surface area contributed by atoms with Crippen LogP contribution in [0.15, 0.2) is 59.5 Å². The summed E-state index contributed by atoms with van der Waals surface area (Å²) in [6, 6.07) is 15.1. The van der Waals surface area contributed by atoms with Crippen molar-refractivity contribution in [2.45, 2.75) is 48.0 Å². The molecule has 1 aliphatic carbocycles. The molecule has 2 aromatic rings. The van der Waals surface area contributed by atoms with Gasteiger partial charge in [0.2, 0.25) is 0 Å². The van der Waals surface area contributed by atoms with Gasteiger partial charge in [0.25, 0.3) is 0 Å². The molecule has 3 rings (SSSR count). The Morgan fingerprint density at radius 3 is 2.24 bits per heavy atom. The summed E-state index contributed by atoms with van der Waals surface area (Å²) in [6.07, 6.45) is -0.701. The molecule has 0 heterocycles. The molecular formula is C21H25ClN2O4S. The summed E-state index contributed by atoms with van der Waals surface area (Å²) in [4.78, 5) is 12.7. The lowest BCUT2D eigenvalue weighted by Crippen LogP contribution is -2.49. The number of rotatable bonds is 5. The number of hydrogen-bond acceptors (Lipinski definition) is 5. The quantitative estimate of drug-likeness (QED) is 0.747. The first-order valence-electron chi connectivity index (χ1n) is 9.27. The van der Waals surface area contributed by atoms with Crippen LogP contribution in [0.3, 0.4) is 0 Å². The van der Waals surface area contributed by atoms with Crippen molar-refractivity contribution in [2.75, 3.05) is 6.54 Å². The minimum absolute atomic E-state index is 0.0593. The van der Waals surface area contributed by atoms with E-state index in [1.807, 2.05) is 0 Å². The first-order valence-corrected chi connectivity index (χ1v) is 11.2. The Hall–Kier alpha value is -2.09. The summed E-state index contributed by atoms with van der Waals surface area (Å²) in [6.45, 7) is 5.16. The zero-order valence-electron chi connectivity index (χ0n) is 16.6. The van der Waals surface area contributed by atoms with E-state index in [1.54, 1.807) is 75.4 Å². The molecule has 3 atom stereocenters. The van der Waals surface area contributed by atoms with E-state index in [1.165, 1.54) is 0 Å². The number of hydrogen-bond donors (Lipinski definition) is 2. The lowest BCUT2D eigenvalue weighted by atomic mass is 10.1. The third-order valence-electron chi connectivity index (χ3n) is 4.96. The molecule has 156 valence electrons. The van der Waals surface area contributed by atoms with Gasteiger partial charge in [0.1, 0.15) is 10.9 Å². The van der Waals surface area contributed by atoms with E-state index >= 15 is 0 Å². The fraction of sp³-hybridized carbons (Fsp3) is 0.381. The summed E-state index contributed by atoms with van der Waals surface area (Å²) in [5.41, 5.74) is 4.88. The highest BCUT2D eigenvalue weighted by Gasteiger charge is 2.71. The predicted molar refractivity (Wildman–Crippen MR) is 113 cm³/mol. The number of benzene rings is 2. The first kappa shape index (κ1) is 21.6. The number of halogens is 1. The SMILES string of the molecule is CC(C)(C)OC(=O)NC1(CN)C(c2ccc(Cl)cc2)C1S(=O)(=O)c1ccccc1. The Bertz CT molecular complexity index is 988. The molecule has 0 radical (unpaired) electrons. The maximum Gasteiger partial charge on any atom is 0.408 e. The first-order chi connectivity index (χ1) is 13.5. The van der Waals surface area contributed by atoms with Gasteiger partial charge in [-0.05, 0) is 50.6 Å². The van der Waals surface area contributed by atoms with E-state index in [4.69, 9.17) is 22.1 Å². The molecule has 8 heteroatoms. The number of amides is 1. The van der Waals surface area contributed by atoms with Crippen LogP contribution in [-0.4, -0.2) is 37.4 Å². The predicted octanol–water partition coefficient (Wildman–Crippen LogP) is 3.50. The number of carbonyl (C=O) groups excluding carboxylic acids is 1. The van der Waals surface area contributed by atoms with Crippen LogP contribution < -0.4 is 11.1 Å². The van der Waals surface area contributed by atoms with Gasteiger partial charge in [0, 0.05) is 17.5 Å². The highest BCUT2D eigenvalue weighted by molar-refractivity contribution is 7.92. The highest BCUT2D eigenvalue weighted by Crippen LogP contribution is 2.57. The smallest absolute Gasteiger partial charge is 0.408 e. The summed E-state index contributed by atoms with van der Waals surface area (Å²) in [7, 11) is -3.77. The summed E-state index contributed by atoms with van der Waals surface area (Å²) >= 11 is 5.99. The molecule has 6 nitrogen and oxygen atoms in total. The van der Waals surface area contributed by atoms with Crippen LogP contribution in [0.1, 0.15) is 32.3 Å². The van der Waals surface area contributed by atoms with Gasteiger partial charge >= 0.3 is 6.09 Å². The second-order valence-corrected chi connectivity index (χ2v) is 10.7. The van der Waals surface area contributed by atoms with E-state index in [2.05, 4.69) is 5.32 Å². The Morgan fingerprint density at radius 2 is 1.72 bits per heavy atom. The highest BCUT2D eigenvalue weighted by atomic mass is 35.5. The van der Waals surface area contributed by atoms with Gasteiger partial charge in [-0.2, -0.15) is 0 Å². The van der Waals surface area contributed by atoms with E-state index < -0.39 is 38.2 Å². The molecular weight excluding hydrogens is 412 g/mol. The van der Waals surface area contributed by atoms with Gasteiger partial charge < -0.3 is 15.8 Å². The summed E-state index contributed by atoms with van der Waals surface area (Å²) in [5.74, 6) is -0.525. The third-order valence-corrected chi connectivity index (χ3v) is 7.51. The van der Waals surface area contributed by atoms with Gasteiger partial charge in [-0.15, -0.1) is 0 Å². The third kappa shape index (κ3) is 4.27. The van der Waals surface area contributed by atoms with Crippen LogP contribution in [0.5, 0.6) is 0 Å². The molecule has 1 fully saturated rings. The molecule has 0 bridgehead atoms. The largest absolute Gasteiger partial charge is 0.444 e. The number of ether oxygens (including phenoxy) is 1. The van der Waals surface area contributed by atoms with Gasteiger partial charge in [0.05, 0.1) is 10.4 Å². The number of nitrogens with one attached hydrogen (secondary N) is 1. The normalized spacial score (nSPS) is 24.0.